The van der Waals surface area contributed by atoms with Crippen molar-refractivity contribution in [3.63, 3.8) is 0 Å². The highest BCUT2D eigenvalue weighted by molar-refractivity contribution is 8.19. The molecule has 7 heteroatoms. The van der Waals surface area contributed by atoms with Crippen molar-refractivity contribution in [3.05, 3.63) is 93.9 Å². The summed E-state index contributed by atoms with van der Waals surface area (Å²) in [4.78, 5) is 15.5. The van der Waals surface area contributed by atoms with E-state index in [0.29, 0.717) is 16.6 Å². The van der Waals surface area contributed by atoms with Crippen LogP contribution in [-0.2, 0) is 6.54 Å². The topological polar surface area (TPSA) is 46.3 Å². The number of aromatic nitrogens is 1. The molecular formula is C24H15ClN2O2S2. The van der Waals surface area contributed by atoms with Crippen LogP contribution in [0.2, 0.25) is 5.02 Å². The second-order valence-electron chi connectivity index (χ2n) is 7.05. The summed E-state index contributed by atoms with van der Waals surface area (Å²) >= 11 is 12.7. The lowest BCUT2D eigenvalue weighted by atomic mass is 10.1. The van der Waals surface area contributed by atoms with E-state index in [9.17, 15) is 4.79 Å². The number of nitrogens with zero attached hydrogens (tertiary/aromatic N) is 2. The summed E-state index contributed by atoms with van der Waals surface area (Å²) in [7, 11) is 0. The van der Waals surface area contributed by atoms with Crippen molar-refractivity contribution < 1.29 is 9.32 Å². The third-order valence-electron chi connectivity index (χ3n) is 4.96. The van der Waals surface area contributed by atoms with Gasteiger partial charge in [-0.1, -0.05) is 77.5 Å². The zero-order valence-electron chi connectivity index (χ0n) is 16.1. The number of carbonyl (C=O) groups excluding carboxylic acids is 1. The average Bonchev–Trinajstić information content (AvgIpc) is 3.32. The van der Waals surface area contributed by atoms with Crippen molar-refractivity contribution in [3.8, 4) is 11.3 Å². The third kappa shape index (κ3) is 4.02. The van der Waals surface area contributed by atoms with E-state index in [-0.39, 0.29) is 5.24 Å². The maximum atomic E-state index is 12.6. The van der Waals surface area contributed by atoms with Gasteiger partial charge in [-0.05, 0) is 53.2 Å². The molecule has 4 aromatic rings. The molecular weight excluding hydrogens is 448 g/mol. The van der Waals surface area contributed by atoms with Crippen LogP contribution in [0.15, 0.2) is 82.2 Å². The minimum absolute atomic E-state index is 0.0813. The summed E-state index contributed by atoms with van der Waals surface area (Å²) in [6.07, 6.45) is 1.94. The number of rotatable bonds is 4. The fraction of sp³-hybridized carbons (Fsp3) is 0.0417. The number of amides is 1. The normalized spacial score (nSPS) is 15.4. The molecule has 3 aromatic carbocycles. The predicted octanol–water partition coefficient (Wildman–Crippen LogP) is 7.19. The quantitative estimate of drug-likeness (QED) is 0.237. The van der Waals surface area contributed by atoms with E-state index in [0.717, 1.165) is 50.0 Å². The van der Waals surface area contributed by atoms with Crippen molar-refractivity contribution in [1.29, 1.82) is 0 Å². The minimum Gasteiger partial charge on any atom is -0.355 e. The van der Waals surface area contributed by atoms with Gasteiger partial charge in [0.25, 0.3) is 5.24 Å². The van der Waals surface area contributed by atoms with E-state index in [4.69, 9.17) is 28.3 Å². The number of hydrogen-bond acceptors (Lipinski definition) is 5. The summed E-state index contributed by atoms with van der Waals surface area (Å²) in [5.74, 6) is 0.720. The lowest BCUT2D eigenvalue weighted by Gasteiger charge is -2.14. The Balaban J connectivity index is 1.44. The standard InChI is InChI=1S/C24H15ClN2O2S2/c25-18-9-6-15(7-10-18)14-27-23(30)21(31-24(27)28)13-16-8-11-20-19(12-16)22(29-26-20)17-4-2-1-3-5-17/h1-13H,14H2/b21-13-. The van der Waals surface area contributed by atoms with Gasteiger partial charge in [-0.25, -0.2) is 0 Å². The van der Waals surface area contributed by atoms with Gasteiger partial charge in [-0.2, -0.15) is 0 Å². The molecule has 0 bridgehead atoms. The maximum absolute atomic E-state index is 12.6. The molecule has 1 aliphatic heterocycles. The second kappa shape index (κ2) is 8.30. The molecule has 0 aliphatic carbocycles. The van der Waals surface area contributed by atoms with Crippen LogP contribution in [0.4, 0.5) is 4.79 Å². The first-order chi connectivity index (χ1) is 15.1. The minimum atomic E-state index is -0.0813. The Morgan fingerprint density at radius 1 is 1.06 bits per heavy atom. The summed E-state index contributed by atoms with van der Waals surface area (Å²) in [5.41, 5.74) is 3.65. The van der Waals surface area contributed by atoms with Gasteiger partial charge in [0.2, 0.25) is 0 Å². The number of benzene rings is 3. The number of carbonyl (C=O) groups is 1. The SMILES string of the molecule is O=C1S/C(=C\c2ccc3noc(-c4ccccc4)c3c2)C(=S)N1Cc1ccc(Cl)cc1. The van der Waals surface area contributed by atoms with Crippen molar-refractivity contribution in [2.75, 3.05) is 0 Å². The van der Waals surface area contributed by atoms with E-state index >= 15 is 0 Å². The summed E-state index contributed by atoms with van der Waals surface area (Å²) in [6.45, 7) is 0.419. The molecule has 5 rings (SSSR count). The fourth-order valence-electron chi connectivity index (χ4n) is 3.41. The molecule has 0 atom stereocenters. The van der Waals surface area contributed by atoms with Crippen molar-refractivity contribution in [1.82, 2.24) is 10.1 Å². The Morgan fingerprint density at radius 3 is 2.61 bits per heavy atom. The van der Waals surface area contributed by atoms with E-state index in [1.54, 1.807) is 4.90 Å². The molecule has 1 saturated heterocycles. The van der Waals surface area contributed by atoms with Crippen LogP contribution >= 0.6 is 35.6 Å². The van der Waals surface area contributed by atoms with Crippen LogP contribution in [-0.4, -0.2) is 20.3 Å². The van der Waals surface area contributed by atoms with Crippen LogP contribution < -0.4 is 0 Å². The average molecular weight is 463 g/mol. The Kier molecular flexibility index (Phi) is 5.36. The van der Waals surface area contributed by atoms with Gasteiger partial charge in [0.15, 0.2) is 5.76 Å². The summed E-state index contributed by atoms with van der Waals surface area (Å²) in [6, 6.07) is 23.1. The van der Waals surface area contributed by atoms with E-state index < -0.39 is 0 Å². The van der Waals surface area contributed by atoms with Crippen LogP contribution in [0.25, 0.3) is 28.3 Å². The third-order valence-corrected chi connectivity index (χ3v) is 6.71. The van der Waals surface area contributed by atoms with Gasteiger partial charge in [0, 0.05) is 10.6 Å². The first-order valence-electron chi connectivity index (χ1n) is 9.53. The lowest BCUT2D eigenvalue weighted by Crippen LogP contribution is -2.26. The fourth-order valence-corrected chi connectivity index (χ4v) is 4.77. The Bertz CT molecular complexity index is 1330. The number of fused-ring (bicyclic) bond motifs is 1. The van der Waals surface area contributed by atoms with Gasteiger partial charge >= 0.3 is 0 Å². The maximum Gasteiger partial charge on any atom is 0.291 e. The van der Waals surface area contributed by atoms with E-state index in [1.165, 1.54) is 0 Å². The second-order valence-corrected chi connectivity index (χ2v) is 8.86. The van der Waals surface area contributed by atoms with Crippen LogP contribution in [0.5, 0.6) is 0 Å². The molecule has 0 spiro atoms. The summed E-state index contributed by atoms with van der Waals surface area (Å²) in [5, 5.41) is 5.66. The highest BCUT2D eigenvalue weighted by Crippen LogP contribution is 2.36. The van der Waals surface area contributed by atoms with Gasteiger partial charge in [-0.3, -0.25) is 9.69 Å². The zero-order chi connectivity index (χ0) is 21.4. The highest BCUT2D eigenvalue weighted by Gasteiger charge is 2.31. The number of thiocarbonyl (C=S) groups is 1. The number of thioether (sulfide) groups is 1. The zero-order valence-corrected chi connectivity index (χ0v) is 18.5. The lowest BCUT2D eigenvalue weighted by molar-refractivity contribution is 0.244. The Labute approximate surface area is 193 Å². The van der Waals surface area contributed by atoms with Gasteiger partial charge in [0.05, 0.1) is 16.8 Å². The van der Waals surface area contributed by atoms with Crippen molar-refractivity contribution >= 4 is 62.8 Å². The molecule has 152 valence electrons. The molecule has 1 fully saturated rings. The number of hydrogen-bond donors (Lipinski definition) is 0. The van der Waals surface area contributed by atoms with Crippen LogP contribution in [0, 0.1) is 0 Å². The van der Waals surface area contributed by atoms with E-state index in [1.807, 2.05) is 78.9 Å². The first kappa shape index (κ1) is 20.0. The Morgan fingerprint density at radius 2 is 1.84 bits per heavy atom. The van der Waals surface area contributed by atoms with Gasteiger partial charge < -0.3 is 4.52 Å². The molecule has 1 amide bonds. The highest BCUT2D eigenvalue weighted by atomic mass is 35.5. The molecule has 2 heterocycles. The molecule has 4 nitrogen and oxygen atoms in total. The van der Waals surface area contributed by atoms with Gasteiger partial charge in [-0.15, -0.1) is 0 Å². The molecule has 1 aromatic heterocycles. The molecule has 0 radical (unpaired) electrons. The largest absolute Gasteiger partial charge is 0.355 e. The molecule has 0 saturated carbocycles. The number of halogens is 1. The Hall–Kier alpha value is -2.93. The van der Waals surface area contributed by atoms with Crippen LogP contribution in [0.1, 0.15) is 11.1 Å². The molecule has 0 unspecified atom stereocenters. The van der Waals surface area contributed by atoms with Gasteiger partial charge in [0.1, 0.15) is 10.5 Å². The summed E-state index contributed by atoms with van der Waals surface area (Å²) < 4.78 is 5.58. The molecule has 0 N–H and O–H groups in total. The molecule has 1 aliphatic rings. The van der Waals surface area contributed by atoms with E-state index in [2.05, 4.69) is 5.16 Å². The van der Waals surface area contributed by atoms with Crippen LogP contribution in [0.3, 0.4) is 0 Å². The predicted molar refractivity (Wildman–Crippen MR) is 130 cm³/mol. The molecule has 31 heavy (non-hydrogen) atoms. The van der Waals surface area contributed by atoms with Crippen molar-refractivity contribution in [2.24, 2.45) is 0 Å². The van der Waals surface area contributed by atoms with Crippen molar-refractivity contribution in [2.45, 2.75) is 6.54 Å². The first-order valence-corrected chi connectivity index (χ1v) is 11.1. The smallest absolute Gasteiger partial charge is 0.291 e. The monoisotopic (exact) mass is 462 g/mol.